The van der Waals surface area contributed by atoms with Crippen molar-refractivity contribution in [2.45, 2.75) is 5.75 Å². The van der Waals surface area contributed by atoms with E-state index < -0.39 is 10.9 Å². The fraction of sp³-hybridized carbons (Fsp3) is 0.0435. The van der Waals surface area contributed by atoms with Gasteiger partial charge in [-0.25, -0.2) is 9.18 Å². The molecule has 0 aromatic heterocycles. The lowest BCUT2D eigenvalue weighted by molar-refractivity contribution is -0.383. The van der Waals surface area contributed by atoms with Crippen molar-refractivity contribution in [1.82, 2.24) is 0 Å². The SMILES string of the molecule is Nc1ccc(C=C(SCc2ccc(F)cc2)C(=O)c2ccc(C(=O)O)cc2)cc1[N+](=O)[O-]. The zero-order valence-electron chi connectivity index (χ0n) is 16.5. The number of thioether (sulfide) groups is 1. The Hall–Kier alpha value is -3.98. The zero-order valence-corrected chi connectivity index (χ0v) is 17.3. The van der Waals surface area contributed by atoms with Gasteiger partial charge in [-0.05, 0) is 47.5 Å². The average molecular weight is 452 g/mol. The van der Waals surface area contributed by atoms with Gasteiger partial charge in [0.05, 0.1) is 15.4 Å². The number of carbonyl (C=O) groups is 2. The Labute approximate surface area is 186 Å². The molecule has 0 fully saturated rings. The molecule has 0 radical (unpaired) electrons. The summed E-state index contributed by atoms with van der Waals surface area (Å²) in [5.74, 6) is -1.52. The molecule has 3 aromatic rings. The number of carbonyl (C=O) groups excluding carboxylic acids is 1. The summed E-state index contributed by atoms with van der Waals surface area (Å²) in [7, 11) is 0. The number of Topliss-reactive ketones (excluding diaryl/α,β-unsaturated/α-hetero) is 1. The number of nitrogens with two attached hydrogens (primary N) is 1. The first-order valence-electron chi connectivity index (χ1n) is 9.25. The molecule has 0 aliphatic carbocycles. The van der Waals surface area contributed by atoms with Gasteiger partial charge in [0.25, 0.3) is 5.69 Å². The van der Waals surface area contributed by atoms with Gasteiger partial charge < -0.3 is 10.8 Å². The van der Waals surface area contributed by atoms with E-state index in [2.05, 4.69) is 0 Å². The number of carboxylic acids is 1. The van der Waals surface area contributed by atoms with Crippen LogP contribution in [0.4, 0.5) is 15.8 Å². The summed E-state index contributed by atoms with van der Waals surface area (Å²) in [5, 5.41) is 20.2. The highest BCUT2D eigenvalue weighted by Gasteiger charge is 2.17. The van der Waals surface area contributed by atoms with Gasteiger partial charge in [0.1, 0.15) is 11.5 Å². The standard InChI is InChI=1S/C23H17FN2O5S/c24-18-8-1-14(2-9-18)13-32-21(12-15-3-10-19(25)20(11-15)26(30)31)22(27)16-4-6-17(7-5-16)23(28)29/h1-12H,13,25H2,(H,28,29). The van der Waals surface area contributed by atoms with Gasteiger partial charge in [-0.3, -0.25) is 14.9 Å². The molecule has 0 bridgehead atoms. The monoisotopic (exact) mass is 452 g/mol. The summed E-state index contributed by atoms with van der Waals surface area (Å²) in [5.41, 5.74) is 6.86. The van der Waals surface area contributed by atoms with Crippen molar-refractivity contribution in [2.24, 2.45) is 0 Å². The van der Waals surface area contributed by atoms with Crippen molar-refractivity contribution >= 4 is 41.0 Å². The van der Waals surface area contributed by atoms with Crippen molar-refractivity contribution in [3.8, 4) is 0 Å². The number of nitrogens with zero attached hydrogens (tertiary/aromatic N) is 1. The molecule has 0 amide bonds. The Bertz CT molecular complexity index is 1210. The van der Waals surface area contributed by atoms with E-state index in [4.69, 9.17) is 10.8 Å². The molecule has 32 heavy (non-hydrogen) atoms. The molecule has 0 aliphatic heterocycles. The summed E-state index contributed by atoms with van der Waals surface area (Å²) < 4.78 is 13.2. The second-order valence-electron chi connectivity index (χ2n) is 6.71. The number of anilines is 1. The Kier molecular flexibility index (Phi) is 7.01. The van der Waals surface area contributed by atoms with Crippen LogP contribution in [0.25, 0.3) is 6.08 Å². The maximum Gasteiger partial charge on any atom is 0.335 e. The lowest BCUT2D eigenvalue weighted by atomic mass is 10.1. The number of ketones is 1. The second-order valence-corrected chi connectivity index (χ2v) is 7.73. The molecule has 3 N–H and O–H groups in total. The molecule has 162 valence electrons. The number of allylic oxidation sites excluding steroid dienone is 1. The number of hydrogen-bond donors (Lipinski definition) is 2. The lowest BCUT2D eigenvalue weighted by Gasteiger charge is -2.09. The molecule has 7 nitrogen and oxygen atoms in total. The zero-order chi connectivity index (χ0) is 23.3. The minimum Gasteiger partial charge on any atom is -0.478 e. The van der Waals surface area contributed by atoms with Gasteiger partial charge in [-0.1, -0.05) is 30.3 Å². The highest BCUT2D eigenvalue weighted by molar-refractivity contribution is 8.03. The molecule has 3 rings (SSSR count). The van der Waals surface area contributed by atoms with Crippen LogP contribution in [0.5, 0.6) is 0 Å². The predicted octanol–water partition coefficient (Wildman–Crippen LogP) is 5.17. The predicted molar refractivity (Wildman–Crippen MR) is 121 cm³/mol. The Morgan fingerprint density at radius 1 is 1.03 bits per heavy atom. The van der Waals surface area contributed by atoms with Gasteiger partial charge in [0.15, 0.2) is 5.78 Å². The topological polar surface area (TPSA) is 124 Å². The minimum absolute atomic E-state index is 0.00301. The van der Waals surface area contributed by atoms with Crippen molar-refractivity contribution in [3.05, 3.63) is 110 Å². The van der Waals surface area contributed by atoms with Gasteiger partial charge in [-0.2, -0.15) is 0 Å². The van der Waals surface area contributed by atoms with E-state index in [9.17, 15) is 24.1 Å². The molecule has 0 spiro atoms. The maximum absolute atomic E-state index is 13.2. The molecule has 9 heteroatoms. The molecule has 0 saturated heterocycles. The number of halogens is 1. The van der Waals surface area contributed by atoms with Crippen LogP contribution in [0.1, 0.15) is 31.8 Å². The molecule has 0 atom stereocenters. The highest BCUT2D eigenvalue weighted by Crippen LogP contribution is 2.30. The smallest absolute Gasteiger partial charge is 0.335 e. The van der Waals surface area contributed by atoms with Crippen LogP contribution in [0.3, 0.4) is 0 Å². The van der Waals surface area contributed by atoms with E-state index in [1.165, 1.54) is 66.4 Å². The van der Waals surface area contributed by atoms with Gasteiger partial charge >= 0.3 is 5.97 Å². The molecule has 0 aliphatic rings. The third-order valence-corrected chi connectivity index (χ3v) is 5.57. The number of nitro groups is 1. The highest BCUT2D eigenvalue weighted by atomic mass is 32.2. The largest absolute Gasteiger partial charge is 0.478 e. The van der Waals surface area contributed by atoms with Crippen LogP contribution < -0.4 is 5.73 Å². The fourth-order valence-corrected chi connectivity index (χ4v) is 3.76. The number of nitrogen functional groups attached to an aromatic ring is 1. The molecule has 0 heterocycles. The Balaban J connectivity index is 1.96. The first kappa shape index (κ1) is 22.7. The summed E-state index contributed by atoms with van der Waals surface area (Å²) >= 11 is 1.18. The first-order valence-corrected chi connectivity index (χ1v) is 10.2. The third kappa shape index (κ3) is 5.58. The summed E-state index contributed by atoms with van der Waals surface area (Å²) in [6, 6.07) is 15.5. The summed E-state index contributed by atoms with van der Waals surface area (Å²) in [6.45, 7) is 0. The normalized spacial score (nSPS) is 11.2. The minimum atomic E-state index is -1.11. The van der Waals surface area contributed by atoms with Crippen molar-refractivity contribution in [3.63, 3.8) is 0 Å². The van der Waals surface area contributed by atoms with Crippen molar-refractivity contribution in [2.75, 3.05) is 5.73 Å². The van der Waals surface area contributed by atoms with Gasteiger partial charge in [-0.15, -0.1) is 11.8 Å². The number of nitro benzene ring substituents is 1. The van der Waals surface area contributed by atoms with E-state index in [0.717, 1.165) is 5.56 Å². The van der Waals surface area contributed by atoms with Crippen molar-refractivity contribution < 1.29 is 24.0 Å². The van der Waals surface area contributed by atoms with E-state index >= 15 is 0 Å². The van der Waals surface area contributed by atoms with Crippen LogP contribution in [-0.4, -0.2) is 21.8 Å². The number of benzene rings is 3. The molecular formula is C23H17FN2O5S. The van der Waals surface area contributed by atoms with E-state index in [1.54, 1.807) is 18.2 Å². The van der Waals surface area contributed by atoms with Crippen LogP contribution in [0.15, 0.2) is 71.6 Å². The molecule has 3 aromatic carbocycles. The molecule has 0 saturated carbocycles. The number of hydrogen-bond acceptors (Lipinski definition) is 6. The summed E-state index contributed by atoms with van der Waals surface area (Å²) in [6.07, 6.45) is 1.51. The third-order valence-electron chi connectivity index (χ3n) is 4.47. The Morgan fingerprint density at radius 2 is 1.66 bits per heavy atom. The molecule has 0 unspecified atom stereocenters. The molecular weight excluding hydrogens is 435 g/mol. The van der Waals surface area contributed by atoms with E-state index in [0.29, 0.717) is 11.3 Å². The number of aromatic carboxylic acids is 1. The maximum atomic E-state index is 13.2. The summed E-state index contributed by atoms with van der Waals surface area (Å²) in [4.78, 5) is 35.1. The van der Waals surface area contributed by atoms with E-state index in [-0.39, 0.29) is 39.0 Å². The number of rotatable bonds is 8. The average Bonchev–Trinajstić information content (AvgIpc) is 2.78. The van der Waals surface area contributed by atoms with Crippen LogP contribution in [0.2, 0.25) is 0 Å². The van der Waals surface area contributed by atoms with Crippen LogP contribution in [-0.2, 0) is 5.75 Å². The number of carboxylic acid groups (broad SMARTS) is 1. The van der Waals surface area contributed by atoms with Crippen LogP contribution in [0, 0.1) is 15.9 Å². The van der Waals surface area contributed by atoms with E-state index in [1.807, 2.05) is 0 Å². The quantitative estimate of drug-likeness (QED) is 0.159. The Morgan fingerprint density at radius 3 is 2.25 bits per heavy atom. The van der Waals surface area contributed by atoms with Crippen molar-refractivity contribution in [1.29, 1.82) is 0 Å². The second kappa shape index (κ2) is 9.88. The van der Waals surface area contributed by atoms with Gasteiger partial charge in [0, 0.05) is 17.4 Å². The van der Waals surface area contributed by atoms with Crippen LogP contribution >= 0.6 is 11.8 Å². The fourth-order valence-electron chi connectivity index (χ4n) is 2.78. The first-order chi connectivity index (χ1) is 15.2. The van der Waals surface area contributed by atoms with Gasteiger partial charge in [0.2, 0.25) is 0 Å². The lowest BCUT2D eigenvalue weighted by Crippen LogP contribution is -2.03.